The molecule has 16 heavy (non-hydrogen) atoms. The van der Waals surface area contributed by atoms with Crippen molar-refractivity contribution in [2.75, 3.05) is 0 Å². The molecule has 2 N–H and O–H groups in total. The van der Waals surface area contributed by atoms with Crippen molar-refractivity contribution in [2.24, 2.45) is 5.73 Å². The first-order valence-corrected chi connectivity index (χ1v) is 6.06. The maximum atomic E-state index is 8.79. The third-order valence-corrected chi connectivity index (χ3v) is 3.76. The van der Waals surface area contributed by atoms with E-state index in [-0.39, 0.29) is 0 Å². The molecule has 0 aliphatic carbocycles. The molecule has 0 aliphatic rings. The molecule has 0 radical (unpaired) electrons. The van der Waals surface area contributed by atoms with Crippen LogP contribution in [0.1, 0.15) is 31.2 Å². The predicted molar refractivity (Wildman–Crippen MR) is 66.8 cm³/mol. The van der Waals surface area contributed by atoms with Crippen molar-refractivity contribution >= 4 is 15.9 Å². The lowest BCUT2D eigenvalue weighted by atomic mass is 9.99. The Morgan fingerprint density at radius 3 is 2.62 bits per heavy atom. The van der Waals surface area contributed by atoms with Crippen LogP contribution in [0.4, 0.5) is 0 Å². The topological polar surface area (TPSA) is 67.6 Å². The third-order valence-electron chi connectivity index (χ3n) is 2.61. The SMILES string of the molecule is Cc1nn(CCCC(C)(N)C#N)c(C)c1Br. The number of nitrogens with two attached hydrogens (primary N) is 1. The second-order valence-corrected chi connectivity index (χ2v) is 5.13. The van der Waals surface area contributed by atoms with Crippen molar-refractivity contribution in [2.45, 2.75) is 45.7 Å². The number of hydrogen-bond acceptors (Lipinski definition) is 3. The van der Waals surface area contributed by atoms with Crippen molar-refractivity contribution in [3.63, 3.8) is 0 Å². The van der Waals surface area contributed by atoms with E-state index in [0.29, 0.717) is 6.42 Å². The lowest BCUT2D eigenvalue weighted by Gasteiger charge is -2.14. The summed E-state index contributed by atoms with van der Waals surface area (Å²) >= 11 is 3.48. The van der Waals surface area contributed by atoms with Crippen LogP contribution in [0.2, 0.25) is 0 Å². The number of rotatable bonds is 4. The van der Waals surface area contributed by atoms with Crippen molar-refractivity contribution in [1.29, 1.82) is 5.26 Å². The number of aryl methyl sites for hydroxylation is 2. The van der Waals surface area contributed by atoms with E-state index in [9.17, 15) is 0 Å². The van der Waals surface area contributed by atoms with Crippen LogP contribution in [0.5, 0.6) is 0 Å². The molecule has 0 aliphatic heterocycles. The van der Waals surface area contributed by atoms with Gasteiger partial charge in [0.2, 0.25) is 0 Å². The molecule has 0 bridgehead atoms. The first-order chi connectivity index (χ1) is 7.37. The molecule has 4 nitrogen and oxygen atoms in total. The van der Waals surface area contributed by atoms with Gasteiger partial charge in [0.1, 0.15) is 5.54 Å². The van der Waals surface area contributed by atoms with Crippen LogP contribution < -0.4 is 5.73 Å². The van der Waals surface area contributed by atoms with Gasteiger partial charge in [0, 0.05) is 12.2 Å². The van der Waals surface area contributed by atoms with Gasteiger partial charge in [-0.3, -0.25) is 4.68 Å². The zero-order valence-corrected chi connectivity index (χ0v) is 11.5. The fraction of sp³-hybridized carbons (Fsp3) is 0.636. The Balaban J connectivity index is 2.57. The highest BCUT2D eigenvalue weighted by Gasteiger charge is 2.17. The number of halogens is 1. The first kappa shape index (κ1) is 13.2. The van der Waals surface area contributed by atoms with E-state index < -0.39 is 5.54 Å². The summed E-state index contributed by atoms with van der Waals surface area (Å²) in [7, 11) is 0. The monoisotopic (exact) mass is 284 g/mol. The lowest BCUT2D eigenvalue weighted by Crippen LogP contribution is -2.34. The first-order valence-electron chi connectivity index (χ1n) is 5.27. The van der Waals surface area contributed by atoms with Crippen LogP contribution in [0.15, 0.2) is 4.47 Å². The summed E-state index contributed by atoms with van der Waals surface area (Å²) in [6, 6.07) is 2.10. The van der Waals surface area contributed by atoms with Gasteiger partial charge >= 0.3 is 0 Å². The molecular formula is C11H17BrN4. The summed E-state index contributed by atoms with van der Waals surface area (Å²) in [6.45, 7) is 6.54. The Labute approximate surface area is 105 Å². The van der Waals surface area contributed by atoms with Crippen LogP contribution in [0.25, 0.3) is 0 Å². The quantitative estimate of drug-likeness (QED) is 0.922. The fourth-order valence-electron chi connectivity index (χ4n) is 1.54. The molecule has 1 unspecified atom stereocenters. The average molecular weight is 285 g/mol. The van der Waals surface area contributed by atoms with E-state index in [2.05, 4.69) is 27.1 Å². The minimum Gasteiger partial charge on any atom is -0.314 e. The molecular weight excluding hydrogens is 268 g/mol. The van der Waals surface area contributed by atoms with E-state index in [1.54, 1.807) is 6.92 Å². The van der Waals surface area contributed by atoms with Crippen LogP contribution in [-0.4, -0.2) is 15.3 Å². The van der Waals surface area contributed by atoms with E-state index in [1.165, 1.54) is 0 Å². The molecule has 0 amide bonds. The maximum absolute atomic E-state index is 8.79. The normalized spacial score (nSPS) is 14.5. The van der Waals surface area contributed by atoms with Gasteiger partial charge in [-0.05, 0) is 49.5 Å². The molecule has 1 rings (SSSR count). The zero-order valence-electron chi connectivity index (χ0n) is 9.92. The van der Waals surface area contributed by atoms with Gasteiger partial charge in [-0.25, -0.2) is 0 Å². The molecule has 1 aromatic heterocycles. The van der Waals surface area contributed by atoms with Gasteiger partial charge in [-0.2, -0.15) is 10.4 Å². The minimum absolute atomic E-state index is 0.680. The van der Waals surface area contributed by atoms with Gasteiger partial charge in [-0.15, -0.1) is 0 Å². The minimum atomic E-state index is -0.729. The summed E-state index contributed by atoms with van der Waals surface area (Å²) in [5.41, 5.74) is 7.14. The van der Waals surface area contributed by atoms with Crippen molar-refractivity contribution in [3.8, 4) is 6.07 Å². The highest BCUT2D eigenvalue weighted by molar-refractivity contribution is 9.10. The second-order valence-electron chi connectivity index (χ2n) is 4.34. The van der Waals surface area contributed by atoms with E-state index in [0.717, 1.165) is 28.8 Å². The van der Waals surface area contributed by atoms with Crippen LogP contribution in [0, 0.1) is 25.2 Å². The number of nitrogens with zero attached hydrogens (tertiary/aromatic N) is 3. The summed E-state index contributed by atoms with van der Waals surface area (Å²) in [5.74, 6) is 0. The molecule has 0 saturated carbocycles. The molecule has 0 saturated heterocycles. The van der Waals surface area contributed by atoms with E-state index in [1.807, 2.05) is 18.5 Å². The smallest absolute Gasteiger partial charge is 0.101 e. The molecule has 1 atom stereocenters. The van der Waals surface area contributed by atoms with E-state index in [4.69, 9.17) is 11.0 Å². The summed E-state index contributed by atoms with van der Waals surface area (Å²) in [4.78, 5) is 0. The number of nitriles is 1. The molecule has 0 fully saturated rings. The fourth-order valence-corrected chi connectivity index (χ4v) is 1.83. The van der Waals surface area contributed by atoms with Crippen LogP contribution >= 0.6 is 15.9 Å². The number of hydrogen-bond donors (Lipinski definition) is 1. The van der Waals surface area contributed by atoms with E-state index >= 15 is 0 Å². The Kier molecular flexibility index (Phi) is 4.11. The van der Waals surface area contributed by atoms with Crippen LogP contribution in [-0.2, 0) is 6.54 Å². The summed E-state index contributed by atoms with van der Waals surface area (Å²) in [5, 5.41) is 13.2. The van der Waals surface area contributed by atoms with Crippen molar-refractivity contribution < 1.29 is 0 Å². The Bertz CT molecular complexity index is 414. The Morgan fingerprint density at radius 1 is 1.56 bits per heavy atom. The molecule has 0 spiro atoms. The van der Waals surface area contributed by atoms with Crippen molar-refractivity contribution in [1.82, 2.24) is 9.78 Å². The molecule has 1 heterocycles. The third kappa shape index (κ3) is 3.06. The average Bonchev–Trinajstić information content (AvgIpc) is 2.46. The van der Waals surface area contributed by atoms with Gasteiger partial charge < -0.3 is 5.73 Å². The number of aromatic nitrogens is 2. The highest BCUT2D eigenvalue weighted by atomic mass is 79.9. The largest absolute Gasteiger partial charge is 0.314 e. The molecule has 88 valence electrons. The molecule has 5 heteroatoms. The summed E-state index contributed by atoms with van der Waals surface area (Å²) < 4.78 is 3.01. The Morgan fingerprint density at radius 2 is 2.19 bits per heavy atom. The highest BCUT2D eigenvalue weighted by Crippen LogP contribution is 2.20. The van der Waals surface area contributed by atoms with Crippen LogP contribution in [0.3, 0.4) is 0 Å². The standard InChI is InChI=1S/C11H17BrN4/c1-8-10(12)9(2)16(15-8)6-4-5-11(3,14)7-13/h4-6,14H2,1-3H3. The molecule has 0 aromatic carbocycles. The Hall–Kier alpha value is -0.860. The maximum Gasteiger partial charge on any atom is 0.101 e. The van der Waals surface area contributed by atoms with Gasteiger partial charge in [0.25, 0.3) is 0 Å². The molecule has 1 aromatic rings. The van der Waals surface area contributed by atoms with Gasteiger partial charge in [-0.1, -0.05) is 0 Å². The second kappa shape index (κ2) is 4.98. The van der Waals surface area contributed by atoms with Gasteiger partial charge in [0.15, 0.2) is 0 Å². The van der Waals surface area contributed by atoms with Gasteiger partial charge in [0.05, 0.1) is 16.2 Å². The lowest BCUT2D eigenvalue weighted by molar-refractivity contribution is 0.466. The predicted octanol–water partition coefficient (Wildman–Crippen LogP) is 2.28. The zero-order chi connectivity index (χ0) is 12.3. The van der Waals surface area contributed by atoms with Crippen molar-refractivity contribution in [3.05, 3.63) is 15.9 Å². The summed E-state index contributed by atoms with van der Waals surface area (Å²) in [6.07, 6.45) is 1.54.